The molecule has 2 aromatic rings. The van der Waals surface area contributed by atoms with Crippen LogP contribution < -0.4 is 10.2 Å². The molecule has 0 unspecified atom stereocenters. The lowest BCUT2D eigenvalue weighted by atomic mass is 10.2. The number of para-hydroxylation sites is 1. The standard InChI is InChI=1S/C15H13IN2O3/c1-21-14-7-6-10(8-12(14)16)15(20)18-17-9-11-4-2-3-5-13(11)19/h2-9,19H,1H3,(H,18,20)/b17-9-. The molecule has 1 amide bonds. The van der Waals surface area contributed by atoms with E-state index in [0.717, 1.165) is 3.57 Å². The van der Waals surface area contributed by atoms with Gasteiger partial charge in [0.2, 0.25) is 0 Å². The van der Waals surface area contributed by atoms with Crippen LogP contribution in [0.25, 0.3) is 0 Å². The van der Waals surface area contributed by atoms with Gasteiger partial charge in [-0.3, -0.25) is 4.79 Å². The van der Waals surface area contributed by atoms with E-state index in [-0.39, 0.29) is 11.7 Å². The molecule has 0 aliphatic heterocycles. The molecule has 108 valence electrons. The summed E-state index contributed by atoms with van der Waals surface area (Å²) in [5.41, 5.74) is 3.43. The van der Waals surface area contributed by atoms with Crippen molar-refractivity contribution >= 4 is 34.7 Å². The molecule has 5 nitrogen and oxygen atoms in total. The zero-order valence-corrected chi connectivity index (χ0v) is 13.4. The molecule has 2 aromatic carbocycles. The van der Waals surface area contributed by atoms with Crippen LogP contribution in [-0.2, 0) is 0 Å². The number of hydrazone groups is 1. The molecule has 0 aliphatic rings. The molecular formula is C15H13IN2O3. The van der Waals surface area contributed by atoms with Gasteiger partial charge in [0.15, 0.2) is 0 Å². The number of phenols is 1. The second kappa shape index (κ2) is 7.07. The number of carbonyl (C=O) groups is 1. The first-order chi connectivity index (χ1) is 10.1. The first kappa shape index (κ1) is 15.3. The zero-order valence-electron chi connectivity index (χ0n) is 11.2. The highest BCUT2D eigenvalue weighted by Gasteiger charge is 2.07. The van der Waals surface area contributed by atoms with Crippen molar-refractivity contribution in [3.05, 3.63) is 57.2 Å². The third-order valence-electron chi connectivity index (χ3n) is 2.72. The third-order valence-corrected chi connectivity index (χ3v) is 3.56. The fraction of sp³-hybridized carbons (Fsp3) is 0.0667. The fourth-order valence-corrected chi connectivity index (χ4v) is 2.36. The van der Waals surface area contributed by atoms with Gasteiger partial charge < -0.3 is 9.84 Å². The van der Waals surface area contributed by atoms with Crippen LogP contribution in [0, 0.1) is 3.57 Å². The number of amides is 1. The highest BCUT2D eigenvalue weighted by molar-refractivity contribution is 14.1. The molecule has 0 fully saturated rings. The number of nitrogens with zero attached hydrogens (tertiary/aromatic N) is 1. The molecule has 0 saturated heterocycles. The highest BCUT2D eigenvalue weighted by atomic mass is 127. The number of rotatable bonds is 4. The van der Waals surface area contributed by atoms with Crippen LogP contribution >= 0.6 is 22.6 Å². The number of phenolic OH excluding ortho intramolecular Hbond substituents is 1. The summed E-state index contributed by atoms with van der Waals surface area (Å²) in [7, 11) is 1.58. The van der Waals surface area contributed by atoms with Gasteiger partial charge in [-0.05, 0) is 52.9 Å². The predicted molar refractivity (Wildman–Crippen MR) is 88.9 cm³/mol. The molecule has 2 rings (SSSR count). The van der Waals surface area contributed by atoms with E-state index in [2.05, 4.69) is 33.1 Å². The molecule has 0 radical (unpaired) electrons. The minimum absolute atomic E-state index is 0.106. The largest absolute Gasteiger partial charge is 0.507 e. The Labute approximate surface area is 135 Å². The third kappa shape index (κ3) is 3.94. The first-order valence-electron chi connectivity index (χ1n) is 6.06. The number of ether oxygens (including phenoxy) is 1. The van der Waals surface area contributed by atoms with Gasteiger partial charge in [0.25, 0.3) is 5.91 Å². The van der Waals surface area contributed by atoms with E-state index >= 15 is 0 Å². The van der Waals surface area contributed by atoms with Crippen molar-refractivity contribution in [1.29, 1.82) is 0 Å². The number of hydrogen-bond donors (Lipinski definition) is 2. The van der Waals surface area contributed by atoms with E-state index < -0.39 is 0 Å². The zero-order chi connectivity index (χ0) is 15.2. The van der Waals surface area contributed by atoms with Gasteiger partial charge >= 0.3 is 0 Å². The Morgan fingerprint density at radius 1 is 1.33 bits per heavy atom. The van der Waals surface area contributed by atoms with Crippen LogP contribution in [0.5, 0.6) is 11.5 Å². The lowest BCUT2D eigenvalue weighted by Crippen LogP contribution is -2.17. The van der Waals surface area contributed by atoms with Crippen molar-refractivity contribution < 1.29 is 14.6 Å². The average molecular weight is 396 g/mol. The minimum Gasteiger partial charge on any atom is -0.507 e. The van der Waals surface area contributed by atoms with Crippen molar-refractivity contribution in [2.24, 2.45) is 5.10 Å². The summed E-state index contributed by atoms with van der Waals surface area (Å²) < 4.78 is 5.98. The Kier molecular flexibility index (Phi) is 5.15. The summed E-state index contributed by atoms with van der Waals surface area (Å²) in [5.74, 6) is 0.488. The maximum Gasteiger partial charge on any atom is 0.271 e. The summed E-state index contributed by atoms with van der Waals surface area (Å²) in [6.07, 6.45) is 1.39. The highest BCUT2D eigenvalue weighted by Crippen LogP contribution is 2.21. The Balaban J connectivity index is 2.05. The fourth-order valence-electron chi connectivity index (χ4n) is 1.63. The number of aromatic hydroxyl groups is 1. The van der Waals surface area contributed by atoms with Gasteiger partial charge in [0.05, 0.1) is 16.9 Å². The number of hydrogen-bond acceptors (Lipinski definition) is 4. The van der Waals surface area contributed by atoms with E-state index in [9.17, 15) is 9.90 Å². The van der Waals surface area contributed by atoms with Crippen LogP contribution in [0.1, 0.15) is 15.9 Å². The Hall–Kier alpha value is -2.09. The van der Waals surface area contributed by atoms with Crippen molar-refractivity contribution in [3.8, 4) is 11.5 Å². The SMILES string of the molecule is COc1ccc(C(=O)N/N=C\c2ccccc2O)cc1I. The van der Waals surface area contributed by atoms with E-state index in [1.54, 1.807) is 49.6 Å². The molecule has 21 heavy (non-hydrogen) atoms. The number of methoxy groups -OCH3 is 1. The molecule has 0 heterocycles. The van der Waals surface area contributed by atoms with Crippen LogP contribution in [0.4, 0.5) is 0 Å². The summed E-state index contributed by atoms with van der Waals surface area (Å²) in [4.78, 5) is 11.9. The molecule has 0 saturated carbocycles. The molecule has 0 bridgehead atoms. The lowest BCUT2D eigenvalue weighted by molar-refractivity contribution is 0.0955. The van der Waals surface area contributed by atoms with E-state index in [1.165, 1.54) is 6.21 Å². The van der Waals surface area contributed by atoms with Crippen molar-refractivity contribution in [2.75, 3.05) is 7.11 Å². The van der Waals surface area contributed by atoms with Crippen molar-refractivity contribution in [1.82, 2.24) is 5.43 Å². The Bertz CT molecular complexity index is 686. The number of halogens is 1. The minimum atomic E-state index is -0.331. The molecule has 0 aliphatic carbocycles. The predicted octanol–water partition coefficient (Wildman–Crippen LogP) is 2.77. The summed E-state index contributed by atoms with van der Waals surface area (Å²) in [6, 6.07) is 11.8. The van der Waals surface area contributed by atoms with Crippen LogP contribution in [0.3, 0.4) is 0 Å². The second-order valence-corrected chi connectivity index (χ2v) is 5.27. The molecular weight excluding hydrogens is 383 g/mol. The monoisotopic (exact) mass is 396 g/mol. The smallest absolute Gasteiger partial charge is 0.271 e. The molecule has 0 spiro atoms. The summed E-state index contributed by atoms with van der Waals surface area (Å²) >= 11 is 2.09. The molecule has 6 heteroatoms. The number of benzene rings is 2. The first-order valence-corrected chi connectivity index (χ1v) is 7.14. The second-order valence-electron chi connectivity index (χ2n) is 4.11. The Morgan fingerprint density at radius 2 is 2.10 bits per heavy atom. The van der Waals surface area contributed by atoms with Gasteiger partial charge in [0, 0.05) is 11.1 Å². The maximum absolute atomic E-state index is 11.9. The van der Waals surface area contributed by atoms with Crippen molar-refractivity contribution in [2.45, 2.75) is 0 Å². The quantitative estimate of drug-likeness (QED) is 0.475. The topological polar surface area (TPSA) is 70.9 Å². The van der Waals surface area contributed by atoms with Crippen LogP contribution in [0.2, 0.25) is 0 Å². The van der Waals surface area contributed by atoms with Gasteiger partial charge in [-0.2, -0.15) is 5.10 Å². The molecule has 0 atom stereocenters. The van der Waals surface area contributed by atoms with Crippen LogP contribution in [0.15, 0.2) is 47.6 Å². The van der Waals surface area contributed by atoms with Gasteiger partial charge in [-0.15, -0.1) is 0 Å². The van der Waals surface area contributed by atoms with Crippen molar-refractivity contribution in [3.63, 3.8) is 0 Å². The van der Waals surface area contributed by atoms with Gasteiger partial charge in [-0.1, -0.05) is 12.1 Å². The normalized spacial score (nSPS) is 10.6. The number of carbonyl (C=O) groups excluding carboxylic acids is 1. The average Bonchev–Trinajstić information content (AvgIpc) is 2.49. The van der Waals surface area contributed by atoms with Gasteiger partial charge in [0.1, 0.15) is 11.5 Å². The molecule has 0 aromatic heterocycles. The maximum atomic E-state index is 11.9. The lowest BCUT2D eigenvalue weighted by Gasteiger charge is -2.05. The van der Waals surface area contributed by atoms with E-state index in [0.29, 0.717) is 16.9 Å². The summed E-state index contributed by atoms with van der Waals surface area (Å²) in [5, 5.41) is 13.4. The van der Waals surface area contributed by atoms with E-state index in [1.807, 2.05) is 0 Å². The summed E-state index contributed by atoms with van der Waals surface area (Å²) in [6.45, 7) is 0. The van der Waals surface area contributed by atoms with Gasteiger partial charge in [-0.25, -0.2) is 5.43 Å². The van der Waals surface area contributed by atoms with E-state index in [4.69, 9.17) is 4.74 Å². The van der Waals surface area contributed by atoms with Crippen LogP contribution in [-0.4, -0.2) is 24.3 Å². The Morgan fingerprint density at radius 3 is 2.76 bits per heavy atom. The number of nitrogens with one attached hydrogen (secondary N) is 1. The molecule has 2 N–H and O–H groups in total.